The summed E-state index contributed by atoms with van der Waals surface area (Å²) >= 11 is 0. The van der Waals surface area contributed by atoms with Crippen molar-refractivity contribution >= 4 is 17.7 Å². The SMILES string of the molecule is COC(=O)[C@]12CCC(C)(C)C(=O)C1=C1CC[C@@H]3[C@@]4(C)C[C@@H](O)[C@H](O)[C@@](CO)(C(=O)OC)[C@@H]4CC[C@@]3(C)[C@]1(C)CC2. The molecule has 0 aromatic heterocycles. The summed E-state index contributed by atoms with van der Waals surface area (Å²) < 4.78 is 10.5. The molecule has 224 valence electrons. The summed E-state index contributed by atoms with van der Waals surface area (Å²) in [5.74, 6) is -1.24. The molecule has 9 atom stereocenters. The molecule has 5 aliphatic rings. The number of ether oxygens (including phenoxy) is 2. The van der Waals surface area contributed by atoms with Crippen LogP contribution in [0.25, 0.3) is 0 Å². The fourth-order valence-corrected chi connectivity index (χ4v) is 10.9. The normalized spacial score (nSPS) is 47.8. The molecule has 0 saturated heterocycles. The van der Waals surface area contributed by atoms with Crippen LogP contribution in [0.15, 0.2) is 11.1 Å². The first kappa shape index (κ1) is 29.7. The van der Waals surface area contributed by atoms with E-state index in [0.29, 0.717) is 44.1 Å². The molecule has 8 heteroatoms. The Morgan fingerprint density at radius 3 is 2.10 bits per heavy atom. The highest BCUT2D eigenvalue weighted by Gasteiger charge is 2.73. The molecule has 0 heterocycles. The van der Waals surface area contributed by atoms with Crippen LogP contribution in [0.5, 0.6) is 0 Å². The first-order valence-corrected chi connectivity index (χ1v) is 15.0. The van der Waals surface area contributed by atoms with Crippen LogP contribution >= 0.6 is 0 Å². The average Bonchev–Trinajstić information content (AvgIpc) is 2.91. The van der Waals surface area contributed by atoms with Gasteiger partial charge in [0.1, 0.15) is 5.41 Å². The minimum absolute atomic E-state index is 0.0585. The molecule has 0 aromatic carbocycles. The lowest BCUT2D eigenvalue weighted by molar-refractivity contribution is -0.253. The van der Waals surface area contributed by atoms with Gasteiger partial charge in [0, 0.05) is 11.0 Å². The number of carbonyl (C=O) groups is 3. The van der Waals surface area contributed by atoms with Crippen molar-refractivity contribution in [1.29, 1.82) is 0 Å². The van der Waals surface area contributed by atoms with E-state index >= 15 is 0 Å². The van der Waals surface area contributed by atoms with Crippen LogP contribution in [0.2, 0.25) is 0 Å². The van der Waals surface area contributed by atoms with Crippen molar-refractivity contribution in [1.82, 2.24) is 0 Å². The van der Waals surface area contributed by atoms with Crippen LogP contribution < -0.4 is 0 Å². The summed E-state index contributed by atoms with van der Waals surface area (Å²) in [5, 5.41) is 32.9. The number of fused-ring (bicyclic) bond motifs is 6. The van der Waals surface area contributed by atoms with Crippen LogP contribution in [-0.4, -0.2) is 66.1 Å². The van der Waals surface area contributed by atoms with E-state index in [0.717, 1.165) is 24.8 Å². The molecule has 0 aliphatic heterocycles. The maximum absolute atomic E-state index is 14.2. The smallest absolute Gasteiger partial charge is 0.317 e. The van der Waals surface area contributed by atoms with Gasteiger partial charge in [0.2, 0.25) is 0 Å². The van der Waals surface area contributed by atoms with Crippen LogP contribution in [-0.2, 0) is 23.9 Å². The Kier molecular flexibility index (Phi) is 6.77. The number of Topliss-reactive ketones (excluding diaryl/α,β-unsaturated/α-hetero) is 1. The molecular formula is C32H48O8. The number of esters is 2. The van der Waals surface area contributed by atoms with E-state index in [1.54, 1.807) is 0 Å². The minimum atomic E-state index is -1.60. The highest BCUT2D eigenvalue weighted by molar-refractivity contribution is 6.07. The number of hydrogen-bond acceptors (Lipinski definition) is 8. The summed E-state index contributed by atoms with van der Waals surface area (Å²) in [6.45, 7) is 10.0. The summed E-state index contributed by atoms with van der Waals surface area (Å²) in [4.78, 5) is 40.8. The Labute approximate surface area is 237 Å². The largest absolute Gasteiger partial charge is 0.468 e. The molecule has 0 unspecified atom stereocenters. The van der Waals surface area contributed by atoms with Gasteiger partial charge in [-0.2, -0.15) is 0 Å². The van der Waals surface area contributed by atoms with Crippen molar-refractivity contribution < 1.29 is 39.2 Å². The predicted molar refractivity (Wildman–Crippen MR) is 147 cm³/mol. The lowest BCUT2D eigenvalue weighted by atomic mass is 9.33. The third-order valence-electron chi connectivity index (χ3n) is 13.3. The van der Waals surface area contributed by atoms with Gasteiger partial charge in [0.15, 0.2) is 5.78 Å². The molecule has 0 radical (unpaired) electrons. The Morgan fingerprint density at radius 2 is 1.50 bits per heavy atom. The fourth-order valence-electron chi connectivity index (χ4n) is 10.9. The lowest BCUT2D eigenvalue weighted by Gasteiger charge is -2.71. The molecule has 0 bridgehead atoms. The molecule has 0 aromatic rings. The van der Waals surface area contributed by atoms with Gasteiger partial charge in [-0.1, -0.05) is 40.2 Å². The van der Waals surface area contributed by atoms with Gasteiger partial charge in [-0.15, -0.1) is 0 Å². The van der Waals surface area contributed by atoms with Crippen LogP contribution in [0.3, 0.4) is 0 Å². The third-order valence-corrected chi connectivity index (χ3v) is 13.3. The molecule has 4 fully saturated rings. The maximum atomic E-state index is 14.2. The first-order valence-electron chi connectivity index (χ1n) is 15.0. The fraction of sp³-hybridized carbons (Fsp3) is 0.844. The zero-order valence-corrected chi connectivity index (χ0v) is 25.3. The lowest BCUT2D eigenvalue weighted by Crippen LogP contribution is -2.70. The van der Waals surface area contributed by atoms with E-state index < -0.39 is 46.4 Å². The van der Waals surface area contributed by atoms with Crippen LogP contribution in [0.4, 0.5) is 0 Å². The highest BCUT2D eigenvalue weighted by Crippen LogP contribution is 2.75. The van der Waals surface area contributed by atoms with Crippen molar-refractivity contribution in [2.45, 2.75) is 105 Å². The first-order chi connectivity index (χ1) is 18.6. The summed E-state index contributed by atoms with van der Waals surface area (Å²) in [7, 11) is 2.67. The third kappa shape index (κ3) is 3.33. The van der Waals surface area contributed by atoms with Crippen LogP contribution in [0.1, 0.15) is 92.4 Å². The second-order valence-electron chi connectivity index (χ2n) is 15.0. The van der Waals surface area contributed by atoms with Crippen molar-refractivity contribution in [3.05, 3.63) is 11.1 Å². The number of methoxy groups -OCH3 is 2. The zero-order chi connectivity index (χ0) is 29.7. The zero-order valence-electron chi connectivity index (χ0n) is 25.3. The standard InChI is InChI=1S/C32H48O8/c1-27(2)12-14-31(25(37)39-6)15-13-29(4)18(22(31)24(27)36)8-9-20-28(3)16-19(34)23(35)32(17-33,26(38)40-7)21(28)10-11-30(20,29)5/h19-21,23,33-35H,8-17H2,1-7H3/t19-,20-,21-,23+,28-,29-,30-,31+,32+/m1/s1. The average molecular weight is 561 g/mol. The van der Waals surface area contributed by atoms with Crippen molar-refractivity contribution in [2.75, 3.05) is 20.8 Å². The summed E-state index contributed by atoms with van der Waals surface area (Å²) in [5.41, 5.74) is -2.48. The minimum Gasteiger partial charge on any atom is -0.468 e. The summed E-state index contributed by atoms with van der Waals surface area (Å²) in [6, 6.07) is 0. The maximum Gasteiger partial charge on any atom is 0.317 e. The molecule has 40 heavy (non-hydrogen) atoms. The number of ketones is 1. The molecule has 4 saturated carbocycles. The van der Waals surface area contributed by atoms with Crippen molar-refractivity contribution in [2.24, 2.45) is 44.3 Å². The quantitative estimate of drug-likeness (QED) is 0.445. The second kappa shape index (κ2) is 9.11. The summed E-state index contributed by atoms with van der Waals surface area (Å²) in [6.07, 6.45) is 2.96. The van der Waals surface area contributed by atoms with E-state index in [1.807, 2.05) is 13.8 Å². The van der Waals surface area contributed by atoms with Gasteiger partial charge in [-0.25, -0.2) is 0 Å². The van der Waals surface area contributed by atoms with E-state index in [-0.39, 0.29) is 34.4 Å². The second-order valence-corrected chi connectivity index (χ2v) is 15.0. The molecular weight excluding hydrogens is 512 g/mol. The van der Waals surface area contributed by atoms with E-state index in [1.165, 1.54) is 14.2 Å². The molecule has 0 spiro atoms. The van der Waals surface area contributed by atoms with Gasteiger partial charge in [0.05, 0.1) is 38.4 Å². The van der Waals surface area contributed by atoms with Gasteiger partial charge in [-0.3, -0.25) is 14.4 Å². The van der Waals surface area contributed by atoms with E-state index in [9.17, 15) is 29.7 Å². The number of rotatable bonds is 3. The number of aliphatic hydroxyl groups is 3. The predicted octanol–water partition coefficient (Wildman–Crippen LogP) is 3.74. The number of aliphatic hydroxyl groups excluding tert-OH is 3. The number of allylic oxidation sites excluding steroid dienone is 1. The Morgan fingerprint density at radius 1 is 0.875 bits per heavy atom. The Hall–Kier alpha value is -1.77. The molecule has 5 rings (SSSR count). The topological polar surface area (TPSA) is 130 Å². The van der Waals surface area contributed by atoms with E-state index in [2.05, 4.69) is 20.8 Å². The van der Waals surface area contributed by atoms with Gasteiger partial charge in [-0.05, 0) is 85.9 Å². The monoisotopic (exact) mass is 560 g/mol. The molecule has 0 amide bonds. The van der Waals surface area contributed by atoms with Gasteiger partial charge < -0.3 is 24.8 Å². The number of hydrogen-bond donors (Lipinski definition) is 3. The number of carbonyl (C=O) groups excluding carboxylic acids is 3. The van der Waals surface area contributed by atoms with Crippen LogP contribution in [0, 0.1) is 44.3 Å². The molecule has 3 N–H and O–H groups in total. The molecule has 5 aliphatic carbocycles. The van der Waals surface area contributed by atoms with Crippen molar-refractivity contribution in [3.8, 4) is 0 Å². The Balaban J connectivity index is 1.67. The molecule has 8 nitrogen and oxygen atoms in total. The highest BCUT2D eigenvalue weighted by atomic mass is 16.5. The Bertz CT molecular complexity index is 1160. The van der Waals surface area contributed by atoms with E-state index in [4.69, 9.17) is 9.47 Å². The van der Waals surface area contributed by atoms with Crippen molar-refractivity contribution in [3.63, 3.8) is 0 Å². The van der Waals surface area contributed by atoms with Gasteiger partial charge >= 0.3 is 11.9 Å². The van der Waals surface area contributed by atoms with Gasteiger partial charge in [0.25, 0.3) is 0 Å².